The highest BCUT2D eigenvalue weighted by molar-refractivity contribution is 7.91. The third-order valence-electron chi connectivity index (χ3n) is 6.83. The maximum Gasteiger partial charge on any atom is 0.245 e. The maximum atomic E-state index is 13.3. The summed E-state index contributed by atoms with van der Waals surface area (Å²) in [7, 11) is -2.92. The molecule has 0 aromatic heterocycles. The Bertz CT molecular complexity index is 1120. The molecule has 2 aliphatic rings. The second-order valence-corrected chi connectivity index (χ2v) is 11.8. The van der Waals surface area contributed by atoms with Gasteiger partial charge < -0.3 is 10.2 Å². The summed E-state index contributed by atoms with van der Waals surface area (Å²) in [6.45, 7) is 6.33. The van der Waals surface area contributed by atoms with Gasteiger partial charge in [-0.2, -0.15) is 0 Å². The second kappa shape index (κ2) is 9.81. The molecule has 0 bridgehead atoms. The highest BCUT2D eigenvalue weighted by Gasteiger charge is 2.36. The highest BCUT2D eigenvalue weighted by Crippen LogP contribution is 2.21. The van der Waals surface area contributed by atoms with Crippen LogP contribution in [0.1, 0.15) is 25.8 Å². The van der Waals surface area contributed by atoms with Gasteiger partial charge in [0.15, 0.2) is 9.84 Å². The van der Waals surface area contributed by atoms with Crippen molar-refractivity contribution in [3.05, 3.63) is 48.0 Å². The Morgan fingerprint density at radius 1 is 1.03 bits per heavy atom. The number of carbonyl (C=O) groups is 2. The molecule has 2 aliphatic heterocycles. The van der Waals surface area contributed by atoms with Crippen LogP contribution in [0, 0.1) is 5.92 Å². The average molecular weight is 472 g/mol. The number of nitrogens with one attached hydrogen (secondary N) is 1. The van der Waals surface area contributed by atoms with E-state index in [0.717, 1.165) is 16.3 Å². The second-order valence-electron chi connectivity index (χ2n) is 9.52. The Morgan fingerprint density at radius 2 is 1.73 bits per heavy atom. The molecule has 2 saturated heterocycles. The van der Waals surface area contributed by atoms with Crippen molar-refractivity contribution in [2.45, 2.75) is 38.8 Å². The molecular formula is C25H33N3O4S. The maximum absolute atomic E-state index is 13.3. The molecule has 33 heavy (non-hydrogen) atoms. The smallest absolute Gasteiger partial charge is 0.245 e. The van der Waals surface area contributed by atoms with E-state index in [1.807, 2.05) is 61.2 Å². The first-order valence-electron chi connectivity index (χ1n) is 11.7. The zero-order valence-electron chi connectivity index (χ0n) is 19.4. The molecule has 0 unspecified atom stereocenters. The van der Waals surface area contributed by atoms with Crippen molar-refractivity contribution >= 4 is 32.4 Å². The van der Waals surface area contributed by atoms with E-state index >= 15 is 0 Å². The molecule has 0 saturated carbocycles. The van der Waals surface area contributed by atoms with Crippen molar-refractivity contribution in [2.24, 2.45) is 5.92 Å². The number of carbonyl (C=O) groups excluding carboxylic acids is 2. The minimum absolute atomic E-state index is 0.0352. The first-order valence-corrected chi connectivity index (χ1v) is 13.5. The van der Waals surface area contributed by atoms with Gasteiger partial charge in [-0.3, -0.25) is 14.5 Å². The van der Waals surface area contributed by atoms with Gasteiger partial charge in [0.2, 0.25) is 11.8 Å². The Morgan fingerprint density at radius 3 is 2.39 bits per heavy atom. The number of hydrogen-bond acceptors (Lipinski definition) is 5. The molecule has 0 spiro atoms. The van der Waals surface area contributed by atoms with Gasteiger partial charge in [0.1, 0.15) is 6.04 Å². The number of piperazine rings is 1. The van der Waals surface area contributed by atoms with Crippen molar-refractivity contribution in [1.82, 2.24) is 15.1 Å². The summed E-state index contributed by atoms with van der Waals surface area (Å²) >= 11 is 0. The summed E-state index contributed by atoms with van der Waals surface area (Å²) in [5.74, 6) is 0.226. The fraction of sp³-hybridized carbons (Fsp3) is 0.520. The van der Waals surface area contributed by atoms with Crippen LogP contribution in [0.15, 0.2) is 42.5 Å². The van der Waals surface area contributed by atoms with Crippen molar-refractivity contribution in [1.29, 1.82) is 0 Å². The predicted octanol–water partition coefficient (Wildman–Crippen LogP) is 1.85. The van der Waals surface area contributed by atoms with E-state index in [-0.39, 0.29) is 41.7 Å². The summed E-state index contributed by atoms with van der Waals surface area (Å²) < 4.78 is 23.6. The SMILES string of the molecule is CC(C)[C@@H](NC(=O)Cc1cccc2ccccc12)C(=O)N1CCN([C@@H]2CCS(=O)(=O)C2)CC1. The normalized spacial score (nSPS) is 21.9. The van der Waals surface area contributed by atoms with Crippen LogP contribution in [0.25, 0.3) is 10.8 Å². The Balaban J connectivity index is 1.36. The fourth-order valence-electron chi connectivity index (χ4n) is 4.93. The third-order valence-corrected chi connectivity index (χ3v) is 8.58. The molecule has 2 amide bonds. The average Bonchev–Trinajstić information content (AvgIpc) is 3.17. The summed E-state index contributed by atoms with van der Waals surface area (Å²) in [5.41, 5.74) is 0.945. The van der Waals surface area contributed by atoms with Crippen LogP contribution in [0.5, 0.6) is 0 Å². The van der Waals surface area contributed by atoms with Gasteiger partial charge in [-0.1, -0.05) is 56.3 Å². The van der Waals surface area contributed by atoms with E-state index in [9.17, 15) is 18.0 Å². The van der Waals surface area contributed by atoms with Gasteiger partial charge in [-0.15, -0.1) is 0 Å². The van der Waals surface area contributed by atoms with Crippen LogP contribution in [-0.4, -0.2) is 79.8 Å². The first kappa shape index (κ1) is 23.7. The van der Waals surface area contributed by atoms with Gasteiger partial charge in [0, 0.05) is 32.2 Å². The molecule has 2 heterocycles. The lowest BCUT2D eigenvalue weighted by Crippen LogP contribution is -2.58. The van der Waals surface area contributed by atoms with Crippen molar-refractivity contribution in [3.63, 3.8) is 0 Å². The van der Waals surface area contributed by atoms with Crippen molar-refractivity contribution in [2.75, 3.05) is 37.7 Å². The molecule has 0 radical (unpaired) electrons. The van der Waals surface area contributed by atoms with E-state index in [0.29, 0.717) is 32.6 Å². The van der Waals surface area contributed by atoms with Gasteiger partial charge in [-0.25, -0.2) is 8.42 Å². The number of nitrogens with zero attached hydrogens (tertiary/aromatic N) is 2. The van der Waals surface area contributed by atoms with Crippen molar-refractivity contribution < 1.29 is 18.0 Å². The molecule has 7 nitrogen and oxygen atoms in total. The van der Waals surface area contributed by atoms with Gasteiger partial charge in [0.05, 0.1) is 17.9 Å². The number of fused-ring (bicyclic) bond motifs is 1. The van der Waals surface area contributed by atoms with E-state index in [1.165, 1.54) is 0 Å². The number of benzene rings is 2. The molecule has 2 fully saturated rings. The van der Waals surface area contributed by atoms with Gasteiger partial charge in [0.25, 0.3) is 0 Å². The lowest BCUT2D eigenvalue weighted by molar-refractivity contribution is -0.139. The fourth-order valence-corrected chi connectivity index (χ4v) is 6.69. The van der Waals surface area contributed by atoms with Crippen LogP contribution < -0.4 is 5.32 Å². The van der Waals surface area contributed by atoms with Crippen molar-refractivity contribution in [3.8, 4) is 0 Å². The summed E-state index contributed by atoms with van der Waals surface area (Å²) in [4.78, 5) is 30.2. The van der Waals surface area contributed by atoms with E-state index in [4.69, 9.17) is 0 Å². The zero-order valence-corrected chi connectivity index (χ0v) is 20.2. The highest BCUT2D eigenvalue weighted by atomic mass is 32.2. The molecule has 2 aromatic rings. The summed E-state index contributed by atoms with van der Waals surface area (Å²) in [6.07, 6.45) is 0.900. The van der Waals surface area contributed by atoms with Crippen LogP contribution in [0.3, 0.4) is 0 Å². The van der Waals surface area contributed by atoms with Gasteiger partial charge in [-0.05, 0) is 28.7 Å². The molecule has 1 N–H and O–H groups in total. The first-order chi connectivity index (χ1) is 15.7. The van der Waals surface area contributed by atoms with Crippen LogP contribution in [-0.2, 0) is 25.8 Å². The minimum Gasteiger partial charge on any atom is -0.344 e. The number of hydrogen-bond donors (Lipinski definition) is 1. The molecule has 2 aromatic carbocycles. The van der Waals surface area contributed by atoms with E-state index in [2.05, 4.69) is 10.2 Å². The molecule has 8 heteroatoms. The quantitative estimate of drug-likeness (QED) is 0.695. The van der Waals surface area contributed by atoms with Crippen LogP contribution in [0.2, 0.25) is 0 Å². The Kier molecular flexibility index (Phi) is 7.05. The van der Waals surface area contributed by atoms with Gasteiger partial charge >= 0.3 is 0 Å². The number of rotatable bonds is 6. The minimum atomic E-state index is -2.92. The lowest BCUT2D eigenvalue weighted by atomic mass is 9.99. The summed E-state index contributed by atoms with van der Waals surface area (Å²) in [6, 6.07) is 13.4. The molecular weight excluding hydrogens is 438 g/mol. The molecule has 0 aliphatic carbocycles. The molecule has 4 rings (SSSR count). The predicted molar refractivity (Wildman–Crippen MR) is 130 cm³/mol. The van der Waals surface area contributed by atoms with Crippen LogP contribution in [0.4, 0.5) is 0 Å². The third kappa shape index (κ3) is 5.55. The van der Waals surface area contributed by atoms with Crippen LogP contribution >= 0.6 is 0 Å². The number of amides is 2. The largest absolute Gasteiger partial charge is 0.344 e. The van der Waals surface area contributed by atoms with E-state index in [1.54, 1.807) is 0 Å². The Labute approximate surface area is 196 Å². The number of sulfone groups is 1. The monoisotopic (exact) mass is 471 g/mol. The molecule has 2 atom stereocenters. The molecule has 178 valence electrons. The summed E-state index contributed by atoms with van der Waals surface area (Å²) in [5, 5.41) is 5.12. The standard InChI is InChI=1S/C25H33N3O4S/c1-18(2)24(26-23(29)16-20-8-5-7-19-6-3-4-9-22(19)20)25(30)28-13-11-27(12-14-28)21-10-15-33(31,32)17-21/h3-9,18,21,24H,10-17H2,1-2H3,(H,26,29)/t21-,24-/m1/s1. The topological polar surface area (TPSA) is 86.8 Å². The Hall–Kier alpha value is -2.45. The lowest BCUT2D eigenvalue weighted by Gasteiger charge is -2.39. The van der Waals surface area contributed by atoms with E-state index < -0.39 is 15.9 Å². The zero-order chi connectivity index (χ0) is 23.6.